The SMILES string of the molecule is COC(=O)C(=O)N1C[C@@H](c2ccc(OC)c(OC(C)(C)C)c2)[C@](C)([C@@H](C)O)C1. The lowest BCUT2D eigenvalue weighted by atomic mass is 9.72. The van der Waals surface area contributed by atoms with Crippen molar-refractivity contribution in [2.24, 2.45) is 5.41 Å². The van der Waals surface area contributed by atoms with Gasteiger partial charge in [0.05, 0.1) is 20.3 Å². The molecule has 0 spiro atoms. The van der Waals surface area contributed by atoms with Crippen molar-refractivity contribution in [1.29, 1.82) is 0 Å². The van der Waals surface area contributed by atoms with Gasteiger partial charge in [-0.15, -0.1) is 0 Å². The Hall–Kier alpha value is -2.28. The van der Waals surface area contributed by atoms with Gasteiger partial charge >= 0.3 is 11.9 Å². The zero-order valence-electron chi connectivity index (χ0n) is 17.7. The van der Waals surface area contributed by atoms with Crippen LogP contribution in [-0.2, 0) is 14.3 Å². The Morgan fingerprint density at radius 1 is 1.25 bits per heavy atom. The molecule has 1 aromatic rings. The van der Waals surface area contributed by atoms with Crippen LogP contribution in [0.15, 0.2) is 18.2 Å². The molecule has 3 atom stereocenters. The summed E-state index contributed by atoms with van der Waals surface area (Å²) < 4.78 is 16.0. The van der Waals surface area contributed by atoms with Gasteiger partial charge in [-0.2, -0.15) is 0 Å². The molecule has 1 heterocycles. The van der Waals surface area contributed by atoms with Crippen molar-refractivity contribution in [3.63, 3.8) is 0 Å². The minimum Gasteiger partial charge on any atom is -0.493 e. The van der Waals surface area contributed by atoms with Gasteiger partial charge in [-0.25, -0.2) is 4.79 Å². The summed E-state index contributed by atoms with van der Waals surface area (Å²) >= 11 is 0. The van der Waals surface area contributed by atoms with Gasteiger partial charge in [0, 0.05) is 24.4 Å². The number of rotatable bonds is 4. The number of aliphatic hydroxyl groups is 1. The number of amides is 1. The highest BCUT2D eigenvalue weighted by molar-refractivity contribution is 6.32. The van der Waals surface area contributed by atoms with Crippen LogP contribution in [-0.4, -0.2) is 60.9 Å². The third-order valence-corrected chi connectivity index (χ3v) is 5.34. The maximum Gasteiger partial charge on any atom is 0.396 e. The molecule has 1 aromatic carbocycles. The van der Waals surface area contributed by atoms with E-state index in [2.05, 4.69) is 4.74 Å². The standard InChI is InChI=1S/C21H31NO6/c1-13(23)21(5)12-22(18(24)19(25)27-7)11-15(21)14-8-9-16(26-6)17(10-14)28-20(2,3)4/h8-10,13,15,23H,11-12H2,1-7H3/t13-,15+,21+/m1/s1. The molecular formula is C21H31NO6. The van der Waals surface area contributed by atoms with Crippen LogP contribution < -0.4 is 9.47 Å². The molecule has 0 unspecified atom stereocenters. The molecule has 0 aliphatic carbocycles. The van der Waals surface area contributed by atoms with E-state index in [1.54, 1.807) is 14.0 Å². The first-order valence-corrected chi connectivity index (χ1v) is 9.35. The lowest BCUT2D eigenvalue weighted by Crippen LogP contribution is -2.40. The van der Waals surface area contributed by atoms with E-state index in [1.165, 1.54) is 12.0 Å². The molecule has 1 saturated heterocycles. The monoisotopic (exact) mass is 393 g/mol. The number of methoxy groups -OCH3 is 2. The topological polar surface area (TPSA) is 85.3 Å². The van der Waals surface area contributed by atoms with Crippen LogP contribution in [0.1, 0.15) is 46.1 Å². The highest BCUT2D eigenvalue weighted by atomic mass is 16.5. The first kappa shape index (κ1) is 22.0. The number of carbonyl (C=O) groups excluding carboxylic acids is 2. The van der Waals surface area contributed by atoms with Crippen molar-refractivity contribution in [2.45, 2.75) is 52.2 Å². The van der Waals surface area contributed by atoms with Gasteiger partial charge in [0.25, 0.3) is 0 Å². The molecular weight excluding hydrogens is 362 g/mol. The number of nitrogens with zero attached hydrogens (tertiary/aromatic N) is 1. The summed E-state index contributed by atoms with van der Waals surface area (Å²) in [6.45, 7) is 10.0. The van der Waals surface area contributed by atoms with Crippen LogP contribution >= 0.6 is 0 Å². The predicted molar refractivity (Wildman–Crippen MR) is 104 cm³/mol. The van der Waals surface area contributed by atoms with Crippen molar-refractivity contribution in [3.05, 3.63) is 23.8 Å². The molecule has 156 valence electrons. The van der Waals surface area contributed by atoms with Crippen LogP contribution in [0, 0.1) is 5.41 Å². The summed E-state index contributed by atoms with van der Waals surface area (Å²) in [7, 11) is 2.76. The summed E-state index contributed by atoms with van der Waals surface area (Å²) in [6, 6.07) is 5.62. The third kappa shape index (κ3) is 4.41. The lowest BCUT2D eigenvalue weighted by Gasteiger charge is -2.34. The molecule has 2 rings (SSSR count). The number of ether oxygens (including phenoxy) is 3. The van der Waals surface area contributed by atoms with E-state index in [0.717, 1.165) is 5.56 Å². The smallest absolute Gasteiger partial charge is 0.396 e. The number of hydrogen-bond donors (Lipinski definition) is 1. The van der Waals surface area contributed by atoms with Crippen molar-refractivity contribution >= 4 is 11.9 Å². The van der Waals surface area contributed by atoms with E-state index >= 15 is 0 Å². The number of hydrogen-bond acceptors (Lipinski definition) is 6. The average molecular weight is 393 g/mol. The second-order valence-corrected chi connectivity index (χ2v) is 8.54. The normalized spacial score (nSPS) is 23.3. The molecule has 7 heteroatoms. The summed E-state index contributed by atoms with van der Waals surface area (Å²) in [5, 5.41) is 10.5. The lowest BCUT2D eigenvalue weighted by molar-refractivity contribution is -0.157. The van der Waals surface area contributed by atoms with Crippen molar-refractivity contribution in [3.8, 4) is 11.5 Å². The van der Waals surface area contributed by atoms with Crippen molar-refractivity contribution in [2.75, 3.05) is 27.3 Å². The van der Waals surface area contributed by atoms with E-state index in [9.17, 15) is 14.7 Å². The Balaban J connectivity index is 2.44. The molecule has 1 aliphatic heterocycles. The average Bonchev–Trinajstić information content (AvgIpc) is 2.98. The molecule has 1 fully saturated rings. The fourth-order valence-electron chi connectivity index (χ4n) is 3.62. The Morgan fingerprint density at radius 2 is 1.89 bits per heavy atom. The molecule has 0 radical (unpaired) electrons. The summed E-state index contributed by atoms with van der Waals surface area (Å²) in [4.78, 5) is 25.5. The Bertz CT molecular complexity index is 739. The number of likely N-dealkylation sites (tertiary alicyclic amines) is 1. The quantitative estimate of drug-likeness (QED) is 0.624. The third-order valence-electron chi connectivity index (χ3n) is 5.34. The molecule has 28 heavy (non-hydrogen) atoms. The van der Waals surface area contributed by atoms with E-state index in [0.29, 0.717) is 18.0 Å². The van der Waals surface area contributed by atoms with Gasteiger partial charge in [0.15, 0.2) is 11.5 Å². The molecule has 1 amide bonds. The predicted octanol–water partition coefficient (Wildman–Crippen LogP) is 2.36. The Kier molecular flexibility index (Phi) is 6.28. The molecule has 1 aliphatic rings. The van der Waals surface area contributed by atoms with Gasteiger partial charge in [-0.1, -0.05) is 13.0 Å². The van der Waals surface area contributed by atoms with E-state index in [-0.39, 0.29) is 12.5 Å². The second-order valence-electron chi connectivity index (χ2n) is 8.54. The Morgan fingerprint density at radius 3 is 2.39 bits per heavy atom. The maximum atomic E-state index is 12.3. The fraction of sp³-hybridized carbons (Fsp3) is 0.619. The summed E-state index contributed by atoms with van der Waals surface area (Å²) in [6.07, 6.45) is -0.693. The van der Waals surface area contributed by atoms with E-state index in [4.69, 9.17) is 9.47 Å². The van der Waals surface area contributed by atoms with Gasteiger partial charge < -0.3 is 24.2 Å². The molecule has 0 saturated carbocycles. The number of aliphatic hydroxyl groups excluding tert-OH is 1. The maximum absolute atomic E-state index is 12.3. The minimum absolute atomic E-state index is 0.186. The molecule has 7 nitrogen and oxygen atoms in total. The van der Waals surface area contributed by atoms with Crippen LogP contribution in [0.2, 0.25) is 0 Å². The highest BCUT2D eigenvalue weighted by Gasteiger charge is 2.49. The van der Waals surface area contributed by atoms with Crippen molar-refractivity contribution < 1.29 is 28.9 Å². The fourth-order valence-corrected chi connectivity index (χ4v) is 3.62. The van der Waals surface area contributed by atoms with Crippen LogP contribution in [0.25, 0.3) is 0 Å². The van der Waals surface area contributed by atoms with Gasteiger partial charge in [0.1, 0.15) is 5.60 Å². The number of benzene rings is 1. The van der Waals surface area contributed by atoms with Gasteiger partial charge in [-0.3, -0.25) is 4.79 Å². The highest BCUT2D eigenvalue weighted by Crippen LogP contribution is 2.47. The van der Waals surface area contributed by atoms with E-state index in [1.807, 2.05) is 45.9 Å². The van der Waals surface area contributed by atoms with Crippen LogP contribution in [0.3, 0.4) is 0 Å². The van der Waals surface area contributed by atoms with Gasteiger partial charge in [0.2, 0.25) is 0 Å². The summed E-state index contributed by atoms with van der Waals surface area (Å²) in [5.74, 6) is -0.581. The molecule has 0 bridgehead atoms. The number of esters is 1. The zero-order chi connectivity index (χ0) is 21.3. The number of carbonyl (C=O) groups is 2. The molecule has 1 N–H and O–H groups in total. The van der Waals surface area contributed by atoms with Crippen LogP contribution in [0.5, 0.6) is 11.5 Å². The summed E-state index contributed by atoms with van der Waals surface area (Å²) in [5.41, 5.74) is -0.136. The zero-order valence-corrected chi connectivity index (χ0v) is 17.7. The van der Waals surface area contributed by atoms with Crippen LogP contribution in [0.4, 0.5) is 0 Å². The van der Waals surface area contributed by atoms with E-state index < -0.39 is 29.0 Å². The minimum atomic E-state index is -0.903. The van der Waals surface area contributed by atoms with Gasteiger partial charge in [-0.05, 0) is 45.4 Å². The first-order chi connectivity index (χ1) is 12.9. The molecule has 0 aromatic heterocycles. The second kappa shape index (κ2) is 7.99. The van der Waals surface area contributed by atoms with Crippen molar-refractivity contribution in [1.82, 2.24) is 4.90 Å². The largest absolute Gasteiger partial charge is 0.493 e. The Labute approximate surface area is 166 Å². The first-order valence-electron chi connectivity index (χ1n) is 9.35.